The number of nitrogens with zero attached hydrogens (tertiary/aromatic N) is 1. The van der Waals surface area contributed by atoms with Crippen molar-refractivity contribution in [3.05, 3.63) is 22.9 Å². The number of fused-ring (bicyclic) bond motifs is 8. The van der Waals surface area contributed by atoms with Crippen LogP contribution in [0.3, 0.4) is 0 Å². The summed E-state index contributed by atoms with van der Waals surface area (Å²) < 4.78 is 5.39. The number of carbonyl (C=O) groups is 1. The van der Waals surface area contributed by atoms with Gasteiger partial charge in [-0.05, 0) is 104 Å². The largest absolute Gasteiger partial charge is 0.481 e. The highest BCUT2D eigenvalue weighted by Gasteiger charge is 2.67. The van der Waals surface area contributed by atoms with Gasteiger partial charge in [-0.25, -0.2) is 0 Å². The van der Waals surface area contributed by atoms with Crippen molar-refractivity contribution < 1.29 is 9.53 Å². The first-order valence-electron chi connectivity index (χ1n) is 16.4. The Bertz CT molecular complexity index is 1300. The highest BCUT2D eigenvalue weighted by atomic mass is 35.5. The van der Waals surface area contributed by atoms with Gasteiger partial charge in [-0.15, -0.1) is 12.4 Å². The average molecular weight is 599 g/mol. The Morgan fingerprint density at radius 2 is 1.81 bits per heavy atom. The summed E-state index contributed by atoms with van der Waals surface area (Å²) in [7, 11) is 0. The number of anilines is 1. The first-order chi connectivity index (χ1) is 19.1. The summed E-state index contributed by atoms with van der Waals surface area (Å²) in [6.07, 6.45) is 11.8. The molecule has 0 aliphatic heterocycles. The molecule has 0 spiro atoms. The van der Waals surface area contributed by atoms with Gasteiger partial charge in [-0.3, -0.25) is 15.3 Å². The molecule has 0 radical (unpaired) electrons. The minimum Gasteiger partial charge on any atom is -0.481 e. The summed E-state index contributed by atoms with van der Waals surface area (Å²) >= 11 is 0. The van der Waals surface area contributed by atoms with Gasteiger partial charge in [0.1, 0.15) is 11.6 Å². The minimum atomic E-state index is -0.00345. The fourth-order valence-corrected chi connectivity index (χ4v) is 11.9. The van der Waals surface area contributed by atoms with E-state index in [0.29, 0.717) is 30.3 Å². The van der Waals surface area contributed by atoms with Crippen LogP contribution in [-0.2, 0) is 21.4 Å². The molecule has 4 N–H and O–H groups in total. The standard InChI is InChI=1S/C35H54N4O2.ClH/c1-9-41-28(36)16-25(40)22-18-31(2,3)17-21-20(22)12-14-34(7)24(21)10-11-27-33(6)19-23-29(38-39-30(23)37)32(4,5)26(33)13-15-35(27,34)8;/h10,20-22,26-27,36H,9,11-19H2,1-8H3,(H3,37,38,39);1H/t20-,21?,22+,26?,27?,33-,34+,35+;/m0./s1. The van der Waals surface area contributed by atoms with Crippen LogP contribution in [0.15, 0.2) is 11.6 Å². The van der Waals surface area contributed by atoms with E-state index in [4.69, 9.17) is 21.0 Å². The highest BCUT2D eigenvalue weighted by molar-refractivity contribution is 5.98. The number of halogens is 1. The van der Waals surface area contributed by atoms with Gasteiger partial charge in [-0.2, -0.15) is 5.10 Å². The number of carbonyl (C=O) groups excluding carboxylic acids is 1. The van der Waals surface area contributed by atoms with Crippen molar-refractivity contribution in [1.29, 1.82) is 5.41 Å². The maximum Gasteiger partial charge on any atom is 0.187 e. The summed E-state index contributed by atoms with van der Waals surface area (Å²) in [4.78, 5) is 13.7. The van der Waals surface area contributed by atoms with Gasteiger partial charge in [-0.1, -0.05) is 60.1 Å². The lowest BCUT2D eigenvalue weighted by Crippen LogP contribution is -2.63. The van der Waals surface area contributed by atoms with Crippen LogP contribution in [-0.4, -0.2) is 28.5 Å². The van der Waals surface area contributed by atoms with Crippen LogP contribution in [0.4, 0.5) is 5.82 Å². The molecule has 3 saturated carbocycles. The fraction of sp³-hybridized carbons (Fsp3) is 0.800. The maximum atomic E-state index is 13.7. The molecule has 6 nitrogen and oxygen atoms in total. The van der Waals surface area contributed by atoms with Crippen LogP contribution in [0, 0.1) is 56.7 Å². The molecule has 6 rings (SSSR count). The number of aromatic amines is 1. The fourth-order valence-electron chi connectivity index (χ4n) is 11.9. The van der Waals surface area contributed by atoms with Crippen molar-refractivity contribution in [3.8, 4) is 0 Å². The Morgan fingerprint density at radius 3 is 2.50 bits per heavy atom. The van der Waals surface area contributed by atoms with E-state index in [-0.39, 0.29) is 63.5 Å². The molecule has 3 unspecified atom stereocenters. The van der Waals surface area contributed by atoms with Gasteiger partial charge < -0.3 is 10.5 Å². The number of Topliss-reactive ketones (excluding diaryl/α,β-unsaturated/α-hetero) is 1. The van der Waals surface area contributed by atoms with Crippen molar-refractivity contribution >= 4 is 29.9 Å². The summed E-state index contributed by atoms with van der Waals surface area (Å²) in [5.41, 5.74) is 11.2. The second kappa shape index (κ2) is 10.1. The van der Waals surface area contributed by atoms with E-state index in [1.54, 1.807) is 5.57 Å². The lowest BCUT2D eigenvalue weighted by Gasteiger charge is -2.70. The number of ketones is 1. The average Bonchev–Trinajstić information content (AvgIpc) is 3.24. The number of nitrogens with one attached hydrogen (secondary N) is 2. The Hall–Kier alpha value is -1.82. The molecule has 5 aliphatic rings. The van der Waals surface area contributed by atoms with Gasteiger partial charge >= 0.3 is 0 Å². The molecule has 42 heavy (non-hydrogen) atoms. The van der Waals surface area contributed by atoms with Gasteiger partial charge in [0.25, 0.3) is 0 Å². The van der Waals surface area contributed by atoms with Crippen molar-refractivity contribution in [2.75, 3.05) is 12.3 Å². The molecule has 0 saturated heterocycles. The Labute approximate surface area is 259 Å². The van der Waals surface area contributed by atoms with Crippen LogP contribution in [0.1, 0.15) is 118 Å². The maximum absolute atomic E-state index is 13.7. The summed E-state index contributed by atoms with van der Waals surface area (Å²) in [6, 6.07) is 0. The molecule has 3 fully saturated rings. The topological polar surface area (TPSA) is 105 Å². The lowest BCUT2D eigenvalue weighted by molar-refractivity contribution is -0.156. The third-order valence-corrected chi connectivity index (χ3v) is 13.7. The van der Waals surface area contributed by atoms with E-state index in [9.17, 15) is 4.79 Å². The third kappa shape index (κ3) is 4.27. The number of H-pyrrole nitrogens is 1. The number of hydrogen-bond donors (Lipinski definition) is 3. The predicted octanol–water partition coefficient (Wildman–Crippen LogP) is 8.06. The van der Waals surface area contributed by atoms with Crippen LogP contribution in [0.2, 0.25) is 0 Å². The first kappa shape index (κ1) is 31.6. The van der Waals surface area contributed by atoms with E-state index in [2.05, 4.69) is 59.6 Å². The number of rotatable bonds is 4. The van der Waals surface area contributed by atoms with Gasteiger partial charge in [0, 0.05) is 16.9 Å². The minimum absolute atomic E-state index is 0. The van der Waals surface area contributed by atoms with Crippen LogP contribution >= 0.6 is 12.4 Å². The molecule has 0 aromatic carbocycles. The van der Waals surface area contributed by atoms with Crippen molar-refractivity contribution in [2.45, 2.75) is 119 Å². The molecular formula is C35H55ClN4O2. The van der Waals surface area contributed by atoms with Gasteiger partial charge in [0.15, 0.2) is 5.90 Å². The van der Waals surface area contributed by atoms with E-state index < -0.39 is 0 Å². The normalized spacial score (nSPS) is 41.0. The van der Waals surface area contributed by atoms with Crippen molar-refractivity contribution in [3.63, 3.8) is 0 Å². The Morgan fingerprint density at radius 1 is 1.10 bits per heavy atom. The first-order valence-corrected chi connectivity index (χ1v) is 16.4. The molecule has 5 aliphatic carbocycles. The Kier molecular flexibility index (Phi) is 7.60. The monoisotopic (exact) mass is 598 g/mol. The second-order valence-electron chi connectivity index (χ2n) is 16.6. The summed E-state index contributed by atoms with van der Waals surface area (Å²) in [6.45, 7) is 19.7. The molecule has 1 aromatic heterocycles. The molecule has 7 heteroatoms. The number of aromatic nitrogens is 2. The second-order valence-corrected chi connectivity index (χ2v) is 16.6. The number of nitrogens with two attached hydrogens (primary N) is 1. The third-order valence-electron chi connectivity index (χ3n) is 13.7. The molecule has 8 atom stereocenters. The lowest BCUT2D eigenvalue weighted by atomic mass is 9.34. The van der Waals surface area contributed by atoms with Gasteiger partial charge in [0.05, 0.1) is 18.7 Å². The van der Waals surface area contributed by atoms with Crippen molar-refractivity contribution in [2.24, 2.45) is 51.2 Å². The quantitative estimate of drug-likeness (QED) is 0.185. The van der Waals surface area contributed by atoms with Crippen LogP contribution in [0.25, 0.3) is 0 Å². The van der Waals surface area contributed by atoms with Crippen LogP contribution < -0.4 is 5.73 Å². The van der Waals surface area contributed by atoms with E-state index >= 15 is 0 Å². The molecule has 1 aromatic rings. The molecule has 234 valence electrons. The number of hydrogen-bond acceptors (Lipinski definition) is 5. The molecule has 0 bridgehead atoms. The summed E-state index contributed by atoms with van der Waals surface area (Å²) in [5, 5.41) is 16.0. The smallest absolute Gasteiger partial charge is 0.187 e. The van der Waals surface area contributed by atoms with E-state index in [1.807, 2.05) is 6.92 Å². The molecule has 1 heterocycles. The Balaban J connectivity index is 0.00000353. The molecule has 0 amide bonds. The SMILES string of the molecule is CCOC(=N)CC(=O)[C@@H]1CC(C)(C)CC2C3=CCC4[C@@]5(C)Cc6c(n[nH]c6N)C(C)(C)C5CC[C@@]4(C)[C@]3(C)CC[C@@H]21.Cl. The van der Waals surface area contributed by atoms with E-state index in [0.717, 1.165) is 44.3 Å². The van der Waals surface area contributed by atoms with E-state index in [1.165, 1.54) is 24.1 Å². The number of ether oxygens (including phenoxy) is 1. The van der Waals surface area contributed by atoms with Gasteiger partial charge in [0.2, 0.25) is 0 Å². The highest BCUT2D eigenvalue weighted by Crippen LogP contribution is 2.74. The molecular weight excluding hydrogens is 544 g/mol. The zero-order valence-electron chi connectivity index (χ0n) is 27.3. The zero-order valence-corrected chi connectivity index (χ0v) is 28.1. The van der Waals surface area contributed by atoms with Crippen LogP contribution in [0.5, 0.6) is 0 Å². The predicted molar refractivity (Wildman–Crippen MR) is 172 cm³/mol. The summed E-state index contributed by atoms with van der Waals surface area (Å²) in [5.74, 6) is 3.14. The number of allylic oxidation sites excluding steroid dienone is 2. The zero-order chi connectivity index (χ0) is 29.8. The number of nitrogen functional groups attached to an aromatic ring is 1. The van der Waals surface area contributed by atoms with Crippen molar-refractivity contribution in [1.82, 2.24) is 10.2 Å².